The second kappa shape index (κ2) is 7.51. The first kappa shape index (κ1) is 12.3. The monoisotopic (exact) mass is 212 g/mol. The minimum atomic E-state index is -0.0768. The van der Waals surface area contributed by atoms with Crippen LogP contribution in [0.15, 0.2) is 30.3 Å². The lowest BCUT2D eigenvalue weighted by Crippen LogP contribution is -2.21. The van der Waals surface area contributed by atoms with Crippen molar-refractivity contribution in [2.24, 2.45) is 0 Å². The second-order valence-corrected chi connectivity index (χ2v) is 3.60. The van der Waals surface area contributed by atoms with E-state index in [1.807, 2.05) is 30.3 Å². The van der Waals surface area contributed by atoms with Crippen LogP contribution in [0.25, 0.3) is 0 Å². The predicted octanol–water partition coefficient (Wildman–Crippen LogP) is 2.30. The van der Waals surface area contributed by atoms with E-state index in [-0.39, 0.29) is 5.92 Å². The van der Waals surface area contributed by atoms with Crippen LogP contribution in [-0.2, 0) is 0 Å². The Hall–Kier alpha value is -1.77. The number of nitrogens with one attached hydrogen (secondary N) is 1. The SMILES string of the molecule is C#CCCCNCC(C#N)c1ccccc1. The number of benzene rings is 1. The largest absolute Gasteiger partial charge is 0.315 e. The lowest BCUT2D eigenvalue weighted by atomic mass is 10.0. The number of rotatable bonds is 6. The quantitative estimate of drug-likeness (QED) is 0.580. The average Bonchev–Trinajstić information content (AvgIpc) is 2.35. The van der Waals surface area contributed by atoms with Gasteiger partial charge in [0.15, 0.2) is 0 Å². The smallest absolute Gasteiger partial charge is 0.0837 e. The van der Waals surface area contributed by atoms with E-state index < -0.39 is 0 Å². The molecule has 0 heterocycles. The van der Waals surface area contributed by atoms with E-state index in [4.69, 9.17) is 11.7 Å². The summed E-state index contributed by atoms with van der Waals surface area (Å²) in [7, 11) is 0. The molecule has 1 rings (SSSR count). The Kier molecular flexibility index (Phi) is 5.78. The maximum absolute atomic E-state index is 9.06. The molecule has 0 radical (unpaired) electrons. The molecule has 0 aliphatic heterocycles. The summed E-state index contributed by atoms with van der Waals surface area (Å²) in [5.74, 6) is 2.52. The average molecular weight is 212 g/mol. The zero-order valence-corrected chi connectivity index (χ0v) is 9.32. The van der Waals surface area contributed by atoms with Gasteiger partial charge in [0.25, 0.3) is 0 Å². The van der Waals surface area contributed by atoms with E-state index in [1.165, 1.54) is 0 Å². The van der Waals surface area contributed by atoms with Crippen LogP contribution < -0.4 is 5.32 Å². The first-order valence-corrected chi connectivity index (χ1v) is 5.47. The van der Waals surface area contributed by atoms with E-state index in [9.17, 15) is 0 Å². The van der Waals surface area contributed by atoms with E-state index in [1.54, 1.807) is 0 Å². The highest BCUT2D eigenvalue weighted by Gasteiger charge is 2.08. The van der Waals surface area contributed by atoms with Gasteiger partial charge >= 0.3 is 0 Å². The topological polar surface area (TPSA) is 35.8 Å². The molecule has 2 nitrogen and oxygen atoms in total. The fourth-order valence-electron chi connectivity index (χ4n) is 1.49. The molecule has 0 aromatic heterocycles. The summed E-state index contributed by atoms with van der Waals surface area (Å²) in [6.07, 6.45) is 6.91. The molecule has 1 unspecified atom stereocenters. The van der Waals surface area contributed by atoms with Gasteiger partial charge in [0.2, 0.25) is 0 Å². The fourth-order valence-corrected chi connectivity index (χ4v) is 1.49. The van der Waals surface area contributed by atoms with Gasteiger partial charge in [-0.15, -0.1) is 12.3 Å². The van der Waals surface area contributed by atoms with E-state index >= 15 is 0 Å². The molecule has 0 aliphatic rings. The van der Waals surface area contributed by atoms with Crippen LogP contribution in [0.1, 0.15) is 24.3 Å². The van der Waals surface area contributed by atoms with Gasteiger partial charge in [0, 0.05) is 13.0 Å². The Morgan fingerprint density at radius 2 is 2.06 bits per heavy atom. The van der Waals surface area contributed by atoms with Crippen molar-refractivity contribution in [3.05, 3.63) is 35.9 Å². The Labute approximate surface area is 97.3 Å². The summed E-state index contributed by atoms with van der Waals surface area (Å²) in [5, 5.41) is 12.3. The van der Waals surface area contributed by atoms with Crippen molar-refractivity contribution in [2.45, 2.75) is 18.8 Å². The van der Waals surface area contributed by atoms with Gasteiger partial charge in [-0.05, 0) is 18.5 Å². The number of hydrogen-bond donors (Lipinski definition) is 1. The van der Waals surface area contributed by atoms with Crippen molar-refractivity contribution in [3.63, 3.8) is 0 Å². The van der Waals surface area contributed by atoms with Crippen molar-refractivity contribution in [3.8, 4) is 18.4 Å². The summed E-state index contributed by atoms with van der Waals surface area (Å²) >= 11 is 0. The molecule has 16 heavy (non-hydrogen) atoms. The minimum Gasteiger partial charge on any atom is -0.315 e. The van der Waals surface area contributed by atoms with Crippen LogP contribution >= 0.6 is 0 Å². The van der Waals surface area contributed by atoms with E-state index in [2.05, 4.69) is 17.3 Å². The number of nitriles is 1. The van der Waals surface area contributed by atoms with Crippen molar-refractivity contribution in [1.82, 2.24) is 5.32 Å². The van der Waals surface area contributed by atoms with Crippen LogP contribution in [0.5, 0.6) is 0 Å². The highest BCUT2D eigenvalue weighted by molar-refractivity contribution is 5.24. The summed E-state index contributed by atoms with van der Waals surface area (Å²) in [4.78, 5) is 0. The summed E-state index contributed by atoms with van der Waals surface area (Å²) in [6.45, 7) is 1.56. The zero-order valence-electron chi connectivity index (χ0n) is 9.32. The number of nitrogens with zero attached hydrogens (tertiary/aromatic N) is 1. The molecule has 2 heteroatoms. The molecule has 0 amide bonds. The molecule has 1 N–H and O–H groups in total. The van der Waals surface area contributed by atoms with Crippen LogP contribution in [0.4, 0.5) is 0 Å². The normalized spacial score (nSPS) is 11.4. The minimum absolute atomic E-state index is 0.0768. The lowest BCUT2D eigenvalue weighted by molar-refractivity contribution is 0.630. The predicted molar refractivity (Wildman–Crippen MR) is 65.7 cm³/mol. The molecule has 1 atom stereocenters. The molecule has 1 aromatic rings. The zero-order chi connectivity index (χ0) is 11.6. The molecular formula is C14H16N2. The third kappa shape index (κ3) is 4.17. The lowest BCUT2D eigenvalue weighted by Gasteiger charge is -2.10. The second-order valence-electron chi connectivity index (χ2n) is 3.60. The molecule has 0 saturated heterocycles. The highest BCUT2D eigenvalue weighted by Crippen LogP contribution is 2.12. The van der Waals surface area contributed by atoms with Crippen molar-refractivity contribution in [2.75, 3.05) is 13.1 Å². The Morgan fingerprint density at radius 3 is 2.69 bits per heavy atom. The molecular weight excluding hydrogens is 196 g/mol. The molecule has 0 saturated carbocycles. The molecule has 1 aromatic carbocycles. The number of hydrogen-bond acceptors (Lipinski definition) is 2. The standard InChI is InChI=1S/C14H16N2/c1-2-3-7-10-16-12-14(11-15)13-8-5-4-6-9-13/h1,4-6,8-9,14,16H,3,7,10,12H2. The fraction of sp³-hybridized carbons (Fsp3) is 0.357. The Balaban J connectivity index is 2.34. The summed E-state index contributed by atoms with van der Waals surface area (Å²) < 4.78 is 0. The van der Waals surface area contributed by atoms with Crippen molar-refractivity contribution < 1.29 is 0 Å². The maximum atomic E-state index is 9.06. The first-order chi connectivity index (χ1) is 7.88. The van der Waals surface area contributed by atoms with E-state index in [0.717, 1.165) is 24.9 Å². The van der Waals surface area contributed by atoms with Gasteiger partial charge in [0.1, 0.15) is 0 Å². The van der Waals surface area contributed by atoms with Gasteiger partial charge in [-0.25, -0.2) is 0 Å². The molecule has 0 bridgehead atoms. The van der Waals surface area contributed by atoms with Crippen LogP contribution in [0.3, 0.4) is 0 Å². The number of unbranched alkanes of at least 4 members (excludes halogenated alkanes) is 1. The number of terminal acetylenes is 1. The Bertz CT molecular complexity index is 370. The molecule has 0 spiro atoms. The van der Waals surface area contributed by atoms with Crippen LogP contribution in [-0.4, -0.2) is 13.1 Å². The third-order valence-corrected chi connectivity index (χ3v) is 2.38. The van der Waals surface area contributed by atoms with Crippen LogP contribution in [0.2, 0.25) is 0 Å². The van der Waals surface area contributed by atoms with Gasteiger partial charge in [-0.1, -0.05) is 30.3 Å². The summed E-state index contributed by atoms with van der Waals surface area (Å²) in [5.41, 5.74) is 1.06. The molecule has 82 valence electrons. The first-order valence-electron chi connectivity index (χ1n) is 5.47. The maximum Gasteiger partial charge on any atom is 0.0837 e. The molecule has 0 fully saturated rings. The van der Waals surface area contributed by atoms with Gasteiger partial charge in [0.05, 0.1) is 12.0 Å². The summed E-state index contributed by atoms with van der Waals surface area (Å²) in [6, 6.07) is 12.1. The van der Waals surface area contributed by atoms with Crippen LogP contribution in [0, 0.1) is 23.7 Å². The van der Waals surface area contributed by atoms with Crippen molar-refractivity contribution >= 4 is 0 Å². The van der Waals surface area contributed by atoms with Gasteiger partial charge in [-0.2, -0.15) is 5.26 Å². The van der Waals surface area contributed by atoms with Gasteiger partial charge in [-0.3, -0.25) is 0 Å². The van der Waals surface area contributed by atoms with Gasteiger partial charge < -0.3 is 5.32 Å². The highest BCUT2D eigenvalue weighted by atomic mass is 14.8. The van der Waals surface area contributed by atoms with E-state index in [0.29, 0.717) is 6.54 Å². The third-order valence-electron chi connectivity index (χ3n) is 2.38. The Morgan fingerprint density at radius 1 is 1.31 bits per heavy atom. The molecule has 0 aliphatic carbocycles. The van der Waals surface area contributed by atoms with Crippen molar-refractivity contribution in [1.29, 1.82) is 5.26 Å².